The van der Waals surface area contributed by atoms with Gasteiger partial charge in [0.15, 0.2) is 0 Å². The van der Waals surface area contributed by atoms with Crippen LogP contribution in [-0.2, 0) is 0 Å². The van der Waals surface area contributed by atoms with Crippen LogP contribution in [0, 0.1) is 6.92 Å². The number of nitrogens with zero attached hydrogens (tertiary/aromatic N) is 2. The minimum atomic E-state index is -0.406. The zero-order valence-corrected chi connectivity index (χ0v) is 13.9. The SMILES string of the molecule is Cc1nc(-c2ccc(NC(=O)N(C)CCC(C)O)cc2)cs1. The van der Waals surface area contributed by atoms with Crippen molar-refractivity contribution in [3.05, 3.63) is 34.7 Å². The molecule has 0 bridgehead atoms. The number of amides is 2. The van der Waals surface area contributed by atoms with E-state index in [4.69, 9.17) is 0 Å². The van der Waals surface area contributed by atoms with Crippen LogP contribution in [0.2, 0.25) is 0 Å². The summed E-state index contributed by atoms with van der Waals surface area (Å²) in [5.74, 6) is 0. The van der Waals surface area contributed by atoms with Crippen molar-refractivity contribution in [1.29, 1.82) is 0 Å². The van der Waals surface area contributed by atoms with E-state index in [1.54, 1.807) is 30.2 Å². The zero-order chi connectivity index (χ0) is 16.1. The number of aliphatic hydroxyl groups excluding tert-OH is 1. The summed E-state index contributed by atoms with van der Waals surface area (Å²) in [4.78, 5) is 18.0. The first-order valence-corrected chi connectivity index (χ1v) is 8.06. The van der Waals surface area contributed by atoms with Gasteiger partial charge in [0.2, 0.25) is 0 Å². The summed E-state index contributed by atoms with van der Waals surface area (Å²) < 4.78 is 0. The molecule has 5 nitrogen and oxygen atoms in total. The van der Waals surface area contributed by atoms with Gasteiger partial charge in [0.1, 0.15) is 0 Å². The molecule has 1 aromatic carbocycles. The second kappa shape index (κ2) is 7.38. The van der Waals surface area contributed by atoms with Crippen molar-refractivity contribution in [2.75, 3.05) is 18.9 Å². The second-order valence-corrected chi connectivity index (χ2v) is 6.38. The Kier molecular flexibility index (Phi) is 5.51. The first-order valence-electron chi connectivity index (χ1n) is 7.18. The number of thiazole rings is 1. The molecule has 2 rings (SSSR count). The van der Waals surface area contributed by atoms with Crippen LogP contribution >= 0.6 is 11.3 Å². The average molecular weight is 319 g/mol. The molecule has 0 saturated heterocycles. The molecule has 2 amide bonds. The number of urea groups is 1. The number of hydrogen-bond donors (Lipinski definition) is 2. The number of anilines is 1. The molecular weight excluding hydrogens is 298 g/mol. The minimum absolute atomic E-state index is 0.182. The van der Waals surface area contributed by atoms with Crippen molar-refractivity contribution in [2.45, 2.75) is 26.4 Å². The summed E-state index contributed by atoms with van der Waals surface area (Å²) in [5, 5.41) is 15.1. The summed E-state index contributed by atoms with van der Waals surface area (Å²) >= 11 is 1.62. The predicted octanol–water partition coefficient (Wildman–Crippen LogP) is 3.35. The van der Waals surface area contributed by atoms with E-state index in [1.165, 1.54) is 0 Å². The monoisotopic (exact) mass is 319 g/mol. The van der Waals surface area contributed by atoms with Gasteiger partial charge in [0, 0.05) is 30.2 Å². The van der Waals surface area contributed by atoms with Gasteiger partial charge in [-0.05, 0) is 32.4 Å². The molecule has 0 aliphatic carbocycles. The van der Waals surface area contributed by atoms with Crippen molar-refractivity contribution >= 4 is 23.1 Å². The topological polar surface area (TPSA) is 65.5 Å². The molecule has 22 heavy (non-hydrogen) atoms. The van der Waals surface area contributed by atoms with Crippen LogP contribution in [0.4, 0.5) is 10.5 Å². The van der Waals surface area contributed by atoms with E-state index in [9.17, 15) is 9.90 Å². The molecule has 6 heteroatoms. The number of nitrogens with one attached hydrogen (secondary N) is 1. The number of rotatable bonds is 5. The highest BCUT2D eigenvalue weighted by atomic mass is 32.1. The Morgan fingerprint density at radius 2 is 2.09 bits per heavy atom. The number of carbonyl (C=O) groups is 1. The molecule has 2 N–H and O–H groups in total. The van der Waals surface area contributed by atoms with Crippen LogP contribution in [0.25, 0.3) is 11.3 Å². The lowest BCUT2D eigenvalue weighted by atomic mass is 10.1. The lowest BCUT2D eigenvalue weighted by molar-refractivity contribution is 0.167. The van der Waals surface area contributed by atoms with Crippen molar-refractivity contribution in [2.24, 2.45) is 0 Å². The summed E-state index contributed by atoms with van der Waals surface area (Å²) in [7, 11) is 1.71. The molecule has 2 aromatic rings. The fraction of sp³-hybridized carbons (Fsp3) is 0.375. The molecule has 118 valence electrons. The number of aliphatic hydroxyl groups is 1. The number of aryl methyl sites for hydroxylation is 1. The van der Waals surface area contributed by atoms with Gasteiger partial charge in [-0.25, -0.2) is 9.78 Å². The van der Waals surface area contributed by atoms with E-state index in [0.29, 0.717) is 13.0 Å². The highest BCUT2D eigenvalue weighted by Crippen LogP contribution is 2.23. The van der Waals surface area contributed by atoms with Gasteiger partial charge >= 0.3 is 6.03 Å². The molecule has 0 aliphatic heterocycles. The van der Waals surface area contributed by atoms with Crippen molar-refractivity contribution in [3.8, 4) is 11.3 Å². The zero-order valence-electron chi connectivity index (χ0n) is 13.0. The Bertz CT molecular complexity index is 623. The fourth-order valence-electron chi connectivity index (χ4n) is 1.92. The normalized spacial score (nSPS) is 12.0. The Morgan fingerprint density at radius 1 is 1.41 bits per heavy atom. The maximum atomic E-state index is 12.0. The predicted molar refractivity (Wildman–Crippen MR) is 90.2 cm³/mol. The first-order chi connectivity index (χ1) is 10.5. The number of carbonyl (C=O) groups excluding carboxylic acids is 1. The molecule has 0 radical (unpaired) electrons. The van der Waals surface area contributed by atoms with E-state index >= 15 is 0 Å². The Morgan fingerprint density at radius 3 is 2.64 bits per heavy atom. The van der Waals surface area contributed by atoms with Gasteiger partial charge in [-0.1, -0.05) is 12.1 Å². The fourth-order valence-corrected chi connectivity index (χ4v) is 2.54. The van der Waals surface area contributed by atoms with E-state index in [2.05, 4.69) is 10.3 Å². The van der Waals surface area contributed by atoms with Crippen molar-refractivity contribution in [1.82, 2.24) is 9.88 Å². The largest absolute Gasteiger partial charge is 0.393 e. The lowest BCUT2D eigenvalue weighted by Crippen LogP contribution is -2.33. The summed E-state index contributed by atoms with van der Waals surface area (Å²) in [5.41, 5.74) is 2.73. The maximum absolute atomic E-state index is 12.0. The third kappa shape index (κ3) is 4.54. The summed E-state index contributed by atoms with van der Waals surface area (Å²) in [6, 6.07) is 7.44. The molecule has 0 saturated carbocycles. The van der Waals surface area contributed by atoms with Crippen LogP contribution in [0.5, 0.6) is 0 Å². The van der Waals surface area contributed by atoms with Gasteiger partial charge in [-0.2, -0.15) is 0 Å². The Hall–Kier alpha value is -1.92. The van der Waals surface area contributed by atoms with Crippen LogP contribution < -0.4 is 5.32 Å². The average Bonchev–Trinajstić information content (AvgIpc) is 2.92. The van der Waals surface area contributed by atoms with Gasteiger partial charge in [0.05, 0.1) is 16.8 Å². The first kappa shape index (κ1) is 16.5. The number of aromatic nitrogens is 1. The third-order valence-corrected chi connectivity index (χ3v) is 4.05. The Balaban J connectivity index is 1.95. The smallest absolute Gasteiger partial charge is 0.321 e. The molecule has 1 unspecified atom stereocenters. The van der Waals surface area contributed by atoms with Crippen LogP contribution in [0.1, 0.15) is 18.4 Å². The van der Waals surface area contributed by atoms with E-state index in [-0.39, 0.29) is 6.03 Å². The standard InChI is InChI=1S/C16H21N3O2S/c1-11(20)8-9-19(3)16(21)18-14-6-4-13(5-7-14)15-10-22-12(2)17-15/h4-7,10-11,20H,8-9H2,1-3H3,(H,18,21). The summed E-state index contributed by atoms with van der Waals surface area (Å²) in [6.07, 6.45) is 0.155. The van der Waals surface area contributed by atoms with Crippen molar-refractivity contribution in [3.63, 3.8) is 0 Å². The van der Waals surface area contributed by atoms with E-state index < -0.39 is 6.10 Å². The maximum Gasteiger partial charge on any atom is 0.321 e. The quantitative estimate of drug-likeness (QED) is 0.888. The number of benzene rings is 1. The molecular formula is C16H21N3O2S. The molecule has 1 aromatic heterocycles. The second-order valence-electron chi connectivity index (χ2n) is 5.32. The van der Waals surface area contributed by atoms with Crippen LogP contribution in [0.15, 0.2) is 29.6 Å². The summed E-state index contributed by atoms with van der Waals surface area (Å²) in [6.45, 7) is 4.20. The highest BCUT2D eigenvalue weighted by Gasteiger charge is 2.10. The minimum Gasteiger partial charge on any atom is -0.393 e. The van der Waals surface area contributed by atoms with Gasteiger partial charge in [-0.15, -0.1) is 11.3 Å². The lowest BCUT2D eigenvalue weighted by Gasteiger charge is -2.18. The van der Waals surface area contributed by atoms with Gasteiger partial charge in [0.25, 0.3) is 0 Å². The van der Waals surface area contributed by atoms with Crippen LogP contribution in [-0.4, -0.2) is 40.7 Å². The molecule has 1 heterocycles. The van der Waals surface area contributed by atoms with E-state index in [0.717, 1.165) is 22.0 Å². The van der Waals surface area contributed by atoms with E-state index in [1.807, 2.05) is 36.6 Å². The number of hydrogen-bond acceptors (Lipinski definition) is 4. The van der Waals surface area contributed by atoms with Crippen LogP contribution in [0.3, 0.4) is 0 Å². The molecule has 0 fully saturated rings. The molecule has 1 atom stereocenters. The Labute approximate surface area is 134 Å². The van der Waals surface area contributed by atoms with Gasteiger partial charge in [-0.3, -0.25) is 0 Å². The highest BCUT2D eigenvalue weighted by molar-refractivity contribution is 7.09. The molecule has 0 spiro atoms. The van der Waals surface area contributed by atoms with Gasteiger partial charge < -0.3 is 15.3 Å². The third-order valence-electron chi connectivity index (χ3n) is 3.28. The molecule has 0 aliphatic rings. The van der Waals surface area contributed by atoms with Crippen molar-refractivity contribution < 1.29 is 9.90 Å².